The third kappa shape index (κ3) is 6.80. The lowest BCUT2D eigenvalue weighted by Crippen LogP contribution is -2.41. The smallest absolute Gasteiger partial charge is 0.302 e. The first-order valence-electron chi connectivity index (χ1n) is 21.5. The van der Waals surface area contributed by atoms with Gasteiger partial charge in [-0.05, 0) is 97.2 Å². The molecule has 11 nitrogen and oxygen atoms in total. The van der Waals surface area contributed by atoms with Crippen LogP contribution in [0.5, 0.6) is 28.7 Å². The van der Waals surface area contributed by atoms with E-state index in [-0.39, 0.29) is 41.9 Å². The van der Waals surface area contributed by atoms with E-state index in [0.717, 1.165) is 88.8 Å². The number of nitrogens with zero attached hydrogens (tertiary/aromatic N) is 1. The average molecular weight is 810 g/mol. The molecule has 60 heavy (non-hydrogen) atoms. The van der Waals surface area contributed by atoms with Crippen molar-refractivity contribution in [2.75, 3.05) is 25.7 Å². The number of pyridine rings is 1. The number of fused-ring (bicyclic) bond motifs is 9. The Bertz CT molecular complexity index is 2480. The molecule has 3 aliphatic heterocycles. The van der Waals surface area contributed by atoms with Gasteiger partial charge in [-0.3, -0.25) is 4.79 Å². The van der Waals surface area contributed by atoms with E-state index < -0.39 is 24.8 Å². The minimum Gasteiger partial charge on any atom is -0.508 e. The largest absolute Gasteiger partial charge is 0.508 e. The second-order valence-electron chi connectivity index (χ2n) is 17.6. The van der Waals surface area contributed by atoms with Gasteiger partial charge in [0.15, 0.2) is 18.3 Å². The summed E-state index contributed by atoms with van der Waals surface area (Å²) in [6, 6.07) is 13.5. The monoisotopic (exact) mass is 809 g/mol. The molecule has 2 fully saturated rings. The Kier molecular flexibility index (Phi) is 9.88. The quantitative estimate of drug-likeness (QED) is 0.0755. The molecule has 310 valence electrons. The molecule has 6 N–H and O–H groups in total. The van der Waals surface area contributed by atoms with E-state index in [4.69, 9.17) is 29.7 Å². The number of ether oxygens (including phenoxy) is 4. The Morgan fingerprint density at radius 3 is 2.75 bits per heavy atom. The number of phenolic OH excluding ortho intramolecular Hbond substituents is 2. The number of hydrogen-bond donors (Lipinski definition) is 5. The van der Waals surface area contributed by atoms with Crippen molar-refractivity contribution in [1.82, 2.24) is 10.3 Å². The van der Waals surface area contributed by atoms with Crippen LogP contribution in [0.2, 0.25) is 0 Å². The van der Waals surface area contributed by atoms with Crippen molar-refractivity contribution < 1.29 is 39.1 Å². The standard InChI is InChI=1S/C49H51N3O8/c1-27(54)57-25-38-35-13-14-36-43-31(19-34(55)21-41(43)59-26-53)23-49-17-16-28(22-49)18-29-10-15-42(50)52-39(29)9-5-6-30-20-40(56)46-37(44(30)47(38)60-48(35)45(36)49)12-11-33(24-58-46)51-32-7-3-2-4-8-32/h10-15,19-21,28,32-33,38,47,51,53,55-56H,2-4,6-8,16-18,22-26H2,1H3,(H2,50,52)/t28-,33+,38+,47-,49+/m0/s1. The fraction of sp³-hybridized carbons (Fsp3) is 0.429. The number of aromatic hydroxyl groups is 2. The number of aliphatic hydroxyl groups is 1. The molecule has 0 amide bonds. The van der Waals surface area contributed by atoms with Crippen LogP contribution in [-0.4, -0.2) is 58.4 Å². The summed E-state index contributed by atoms with van der Waals surface area (Å²) in [7, 11) is 0. The molecule has 1 aromatic heterocycles. The Balaban J connectivity index is 1.20. The molecule has 2 saturated carbocycles. The Hall–Kier alpha value is -5.70. The fourth-order valence-electron chi connectivity index (χ4n) is 11.3. The van der Waals surface area contributed by atoms with E-state index in [1.165, 1.54) is 26.2 Å². The topological polar surface area (TPSA) is 166 Å². The molecule has 1 spiro atoms. The summed E-state index contributed by atoms with van der Waals surface area (Å²) in [5.41, 5.74) is 14.5. The number of benzene rings is 3. The molecule has 3 aliphatic carbocycles. The van der Waals surface area contributed by atoms with Gasteiger partial charge in [0, 0.05) is 58.7 Å². The molecule has 6 aliphatic rings. The van der Waals surface area contributed by atoms with Gasteiger partial charge in [0.2, 0.25) is 0 Å². The zero-order valence-electron chi connectivity index (χ0n) is 33.9. The lowest BCUT2D eigenvalue weighted by atomic mass is 9.65. The maximum absolute atomic E-state index is 12.6. The molecule has 0 radical (unpaired) electrons. The van der Waals surface area contributed by atoms with Crippen molar-refractivity contribution in [3.63, 3.8) is 0 Å². The molecule has 0 saturated heterocycles. The van der Waals surface area contributed by atoms with Crippen LogP contribution in [-0.2, 0) is 34.2 Å². The van der Waals surface area contributed by atoms with Crippen LogP contribution in [0.1, 0.15) is 115 Å². The number of aliphatic hydroxyl groups excluding tert-OH is 1. The van der Waals surface area contributed by atoms with Crippen LogP contribution in [0.4, 0.5) is 5.82 Å². The first kappa shape index (κ1) is 38.5. The molecule has 0 unspecified atom stereocenters. The molecular weight excluding hydrogens is 759 g/mol. The highest BCUT2D eigenvalue weighted by atomic mass is 16.6. The van der Waals surface area contributed by atoms with Gasteiger partial charge in [0.25, 0.3) is 0 Å². The van der Waals surface area contributed by atoms with Gasteiger partial charge in [-0.25, -0.2) is 4.98 Å². The summed E-state index contributed by atoms with van der Waals surface area (Å²) in [6.07, 6.45) is 13.8. The lowest BCUT2D eigenvalue weighted by Gasteiger charge is -2.39. The SMILES string of the molecule is CC(=O)OC[C@@H]1c2ccc3c4c2O[C@@H]1c1c(cc(O)c2c1C=C[C@@H](NC1CCCCC1)CO2)CC#Cc1nc(N)ccc1C[C@@H]1CC[C@]4(Cc2cc(O)cc(OCO)c2-3)C1. The number of anilines is 1. The predicted octanol–water partition coefficient (Wildman–Crippen LogP) is 7.29. The fourth-order valence-corrected chi connectivity index (χ4v) is 11.3. The van der Waals surface area contributed by atoms with Crippen molar-refractivity contribution in [2.45, 2.75) is 107 Å². The zero-order chi connectivity index (χ0) is 41.1. The summed E-state index contributed by atoms with van der Waals surface area (Å²) in [6.45, 7) is 1.29. The first-order chi connectivity index (χ1) is 29.2. The van der Waals surface area contributed by atoms with Crippen LogP contribution in [0.25, 0.3) is 17.2 Å². The van der Waals surface area contributed by atoms with Crippen LogP contribution in [0.15, 0.2) is 48.5 Å². The first-order valence-corrected chi connectivity index (χ1v) is 21.5. The molecule has 5 atom stereocenters. The molecular formula is C49H51N3O8. The van der Waals surface area contributed by atoms with Crippen molar-refractivity contribution in [3.05, 3.63) is 93.2 Å². The van der Waals surface area contributed by atoms with E-state index in [9.17, 15) is 20.1 Å². The third-order valence-corrected chi connectivity index (χ3v) is 13.8. The Morgan fingerprint density at radius 2 is 1.92 bits per heavy atom. The number of nitrogens with two attached hydrogens (primary N) is 1. The number of nitrogens with one attached hydrogen (secondary N) is 1. The maximum Gasteiger partial charge on any atom is 0.302 e. The van der Waals surface area contributed by atoms with Gasteiger partial charge in [0.05, 0.1) is 12.0 Å². The number of carbonyl (C=O) groups excluding carboxylic acids is 1. The van der Waals surface area contributed by atoms with Crippen LogP contribution < -0.4 is 25.3 Å². The summed E-state index contributed by atoms with van der Waals surface area (Å²) in [5.74, 6) is 8.27. The van der Waals surface area contributed by atoms with Crippen molar-refractivity contribution in [1.29, 1.82) is 0 Å². The molecule has 4 bridgehead atoms. The third-order valence-electron chi connectivity index (χ3n) is 13.8. The summed E-state index contributed by atoms with van der Waals surface area (Å²) < 4.78 is 25.7. The maximum atomic E-state index is 12.6. The van der Waals surface area contributed by atoms with Gasteiger partial charge in [0.1, 0.15) is 48.1 Å². The molecule has 10 rings (SSSR count). The van der Waals surface area contributed by atoms with E-state index >= 15 is 0 Å². The number of phenols is 2. The zero-order valence-corrected chi connectivity index (χ0v) is 33.9. The van der Waals surface area contributed by atoms with E-state index in [1.54, 1.807) is 12.1 Å². The van der Waals surface area contributed by atoms with E-state index in [1.807, 2.05) is 18.2 Å². The van der Waals surface area contributed by atoms with Crippen LogP contribution in [0, 0.1) is 17.8 Å². The van der Waals surface area contributed by atoms with Gasteiger partial charge < -0.3 is 45.3 Å². The number of carbonyl (C=O) groups is 1. The Morgan fingerprint density at radius 1 is 1.05 bits per heavy atom. The predicted molar refractivity (Wildman–Crippen MR) is 226 cm³/mol. The molecule has 4 aromatic rings. The summed E-state index contributed by atoms with van der Waals surface area (Å²) in [5, 5.41) is 36.4. The highest BCUT2D eigenvalue weighted by Gasteiger charge is 2.51. The van der Waals surface area contributed by atoms with E-state index in [2.05, 4.69) is 41.4 Å². The summed E-state index contributed by atoms with van der Waals surface area (Å²) >= 11 is 0. The number of aromatic nitrogens is 1. The van der Waals surface area contributed by atoms with Crippen molar-refractivity contribution in [3.8, 4) is 51.7 Å². The normalized spacial score (nSPS) is 24.7. The second-order valence-corrected chi connectivity index (χ2v) is 17.6. The lowest BCUT2D eigenvalue weighted by molar-refractivity contribution is -0.141. The van der Waals surface area contributed by atoms with Crippen LogP contribution in [0.3, 0.4) is 0 Å². The molecule has 4 heterocycles. The van der Waals surface area contributed by atoms with Crippen molar-refractivity contribution >= 4 is 17.9 Å². The number of hydrogen-bond acceptors (Lipinski definition) is 11. The summed E-state index contributed by atoms with van der Waals surface area (Å²) in [4.78, 5) is 17.3. The molecule has 3 aromatic carbocycles. The average Bonchev–Trinajstić information content (AvgIpc) is 3.72. The van der Waals surface area contributed by atoms with Gasteiger partial charge in [-0.15, -0.1) is 0 Å². The minimum atomic E-state index is -0.650. The number of rotatable bonds is 6. The second kappa shape index (κ2) is 15.4. The number of nitrogen functional groups attached to an aromatic ring is 1. The highest BCUT2D eigenvalue weighted by Crippen LogP contribution is 2.63. The van der Waals surface area contributed by atoms with Crippen molar-refractivity contribution in [2.24, 2.45) is 5.92 Å². The van der Waals surface area contributed by atoms with Gasteiger partial charge in [-0.2, -0.15) is 0 Å². The van der Waals surface area contributed by atoms with Gasteiger partial charge in [-0.1, -0.05) is 55.5 Å². The Labute approximate surface area is 349 Å². The molecule has 11 heteroatoms. The highest BCUT2D eigenvalue weighted by molar-refractivity contribution is 5.84. The van der Waals surface area contributed by atoms with Crippen LogP contribution >= 0.6 is 0 Å². The number of esters is 1. The minimum absolute atomic E-state index is 0.0196. The van der Waals surface area contributed by atoms with Gasteiger partial charge >= 0.3 is 5.97 Å². The van der Waals surface area contributed by atoms with E-state index in [0.29, 0.717) is 47.6 Å².